The molecule has 5 heterocycles. The van der Waals surface area contributed by atoms with Crippen molar-refractivity contribution in [3.63, 3.8) is 0 Å². The van der Waals surface area contributed by atoms with Crippen LogP contribution in [0, 0.1) is 5.92 Å². The monoisotopic (exact) mass is 788 g/mol. The molecule has 0 bridgehead atoms. The number of halogens is 1. The van der Waals surface area contributed by atoms with Crippen LogP contribution in [0.4, 0.5) is 11.6 Å². The second-order valence-electron chi connectivity index (χ2n) is 16.2. The predicted molar refractivity (Wildman–Crippen MR) is 225 cm³/mol. The van der Waals surface area contributed by atoms with Gasteiger partial charge in [0.15, 0.2) is 0 Å². The van der Waals surface area contributed by atoms with Gasteiger partial charge in [0, 0.05) is 43.3 Å². The molecule has 0 aliphatic carbocycles. The van der Waals surface area contributed by atoms with Crippen molar-refractivity contribution in [1.29, 1.82) is 0 Å². The number of piperidine rings is 4. The lowest BCUT2D eigenvalue weighted by Gasteiger charge is -2.38. The molecule has 11 nitrogen and oxygen atoms in total. The Kier molecular flexibility index (Phi) is 12.4. The predicted octanol–water partition coefficient (Wildman–Crippen LogP) is 6.68. The Hall–Kier alpha value is -4.84. The van der Waals surface area contributed by atoms with Crippen LogP contribution in [-0.2, 0) is 14.4 Å². The molecule has 4 saturated heterocycles. The number of rotatable bonds is 11. The molecule has 1 aromatic heterocycles. The number of imide groups is 1. The Balaban J connectivity index is 0.731. The molecular weight excluding hydrogens is 736 g/mol. The van der Waals surface area contributed by atoms with Crippen LogP contribution in [0.5, 0.6) is 0 Å². The van der Waals surface area contributed by atoms with E-state index in [1.807, 2.05) is 35.2 Å². The molecule has 0 saturated carbocycles. The van der Waals surface area contributed by atoms with Crippen LogP contribution < -0.4 is 16.0 Å². The van der Waals surface area contributed by atoms with Gasteiger partial charge in [-0.15, -0.1) is 0 Å². The lowest BCUT2D eigenvalue weighted by molar-refractivity contribution is -0.134. The molecule has 1 unspecified atom stereocenters. The topological polar surface area (TPSA) is 123 Å². The largest absolute Gasteiger partial charge is 0.374 e. The van der Waals surface area contributed by atoms with Gasteiger partial charge in [-0.05, 0) is 118 Å². The van der Waals surface area contributed by atoms with Crippen molar-refractivity contribution in [3.05, 3.63) is 95.6 Å². The first kappa shape index (κ1) is 39.0. The first-order valence-corrected chi connectivity index (χ1v) is 21.1. The van der Waals surface area contributed by atoms with E-state index in [0.717, 1.165) is 107 Å². The molecule has 8 rings (SSSR count). The smallest absolute Gasteiger partial charge is 0.249 e. The highest BCUT2D eigenvalue weighted by Crippen LogP contribution is 2.32. The number of anilines is 2. The molecule has 0 radical (unpaired) electrons. The minimum absolute atomic E-state index is 0.189. The molecule has 298 valence electrons. The van der Waals surface area contributed by atoms with Crippen molar-refractivity contribution in [2.45, 2.75) is 69.4 Å². The van der Waals surface area contributed by atoms with Gasteiger partial charge in [-0.25, -0.2) is 9.97 Å². The van der Waals surface area contributed by atoms with E-state index in [1.165, 1.54) is 5.56 Å². The number of benzene rings is 3. The fourth-order valence-corrected chi connectivity index (χ4v) is 9.09. The molecule has 3 N–H and O–H groups in total. The van der Waals surface area contributed by atoms with E-state index >= 15 is 0 Å². The van der Waals surface area contributed by atoms with Gasteiger partial charge in [0.05, 0.1) is 23.5 Å². The lowest BCUT2D eigenvalue weighted by atomic mass is 9.88. The van der Waals surface area contributed by atoms with Crippen LogP contribution in [0.2, 0.25) is 5.02 Å². The van der Waals surface area contributed by atoms with Crippen LogP contribution in [0.25, 0.3) is 22.4 Å². The first-order chi connectivity index (χ1) is 27.8. The maximum atomic E-state index is 13.4. The maximum absolute atomic E-state index is 13.4. The van der Waals surface area contributed by atoms with Crippen molar-refractivity contribution in [2.24, 2.45) is 5.92 Å². The zero-order valence-corrected chi connectivity index (χ0v) is 33.3. The highest BCUT2D eigenvalue weighted by Gasteiger charge is 2.30. The van der Waals surface area contributed by atoms with E-state index < -0.39 is 0 Å². The minimum Gasteiger partial charge on any atom is -0.374 e. The fraction of sp³-hybridized carbons (Fsp3) is 0.444. The standard InChI is InChI=1S/C45H53ClN8O3/c46-39-28-47-45(51-43(39)36-8-4-7-35(27-36)32-5-2-1-3-6-32)49-38-19-25-54(26-20-38)42(56)30-53-21-15-31(16-22-53)29-52-23-17-34(18-24-52)33-9-11-37(12-10-33)48-40-13-14-41(55)50-44(40)57/h1-12,27-28,31,34,38,40,48H,13-26,29-30H2,(H,47,49,51)(H,50,55,57). The Morgan fingerprint density at radius 2 is 1.46 bits per heavy atom. The maximum Gasteiger partial charge on any atom is 0.249 e. The number of nitrogens with one attached hydrogen (secondary N) is 3. The summed E-state index contributed by atoms with van der Waals surface area (Å²) in [7, 11) is 0. The third-order valence-corrected chi connectivity index (χ3v) is 12.6. The van der Waals surface area contributed by atoms with Gasteiger partial charge < -0.3 is 20.4 Å². The number of hydrogen-bond acceptors (Lipinski definition) is 9. The van der Waals surface area contributed by atoms with Crippen molar-refractivity contribution >= 4 is 41.0 Å². The van der Waals surface area contributed by atoms with Gasteiger partial charge in [-0.1, -0.05) is 72.3 Å². The fourth-order valence-electron chi connectivity index (χ4n) is 8.89. The Labute approximate surface area is 340 Å². The van der Waals surface area contributed by atoms with E-state index in [4.69, 9.17) is 16.6 Å². The summed E-state index contributed by atoms with van der Waals surface area (Å²) in [6.45, 7) is 7.28. The van der Waals surface area contributed by atoms with Gasteiger partial charge in [0.1, 0.15) is 6.04 Å². The van der Waals surface area contributed by atoms with E-state index in [1.54, 1.807) is 6.20 Å². The molecule has 0 spiro atoms. The summed E-state index contributed by atoms with van der Waals surface area (Å²) in [5, 5.41) is 9.72. The molecule has 4 aliphatic rings. The van der Waals surface area contributed by atoms with Crippen LogP contribution in [0.15, 0.2) is 85.1 Å². The summed E-state index contributed by atoms with van der Waals surface area (Å²) in [5.41, 5.74) is 6.17. The molecule has 4 aliphatic heterocycles. The SMILES string of the molecule is O=C1CCC(Nc2ccc(C3CCN(CC4CCN(CC(=O)N5CCC(Nc6ncc(Cl)c(-c7cccc(-c8ccccc8)c7)n6)CC5)CC4)CC3)cc2)C(=O)N1. The number of likely N-dealkylation sites (tertiary alicyclic amines) is 3. The highest BCUT2D eigenvalue weighted by molar-refractivity contribution is 6.32. The summed E-state index contributed by atoms with van der Waals surface area (Å²) < 4.78 is 0. The van der Waals surface area contributed by atoms with Crippen molar-refractivity contribution < 1.29 is 14.4 Å². The molecule has 3 amide bonds. The number of amides is 3. The summed E-state index contributed by atoms with van der Waals surface area (Å²) in [4.78, 5) is 53.3. The van der Waals surface area contributed by atoms with Crippen molar-refractivity contribution in [3.8, 4) is 22.4 Å². The van der Waals surface area contributed by atoms with E-state index in [0.29, 0.717) is 47.9 Å². The van der Waals surface area contributed by atoms with Gasteiger partial charge in [0.2, 0.25) is 23.7 Å². The van der Waals surface area contributed by atoms with E-state index in [2.05, 4.69) is 79.3 Å². The average Bonchev–Trinajstić information content (AvgIpc) is 3.24. The van der Waals surface area contributed by atoms with Crippen LogP contribution >= 0.6 is 11.6 Å². The Morgan fingerprint density at radius 3 is 2.19 bits per heavy atom. The molecule has 3 aromatic carbocycles. The summed E-state index contributed by atoms with van der Waals surface area (Å²) in [5.74, 6) is 1.58. The van der Waals surface area contributed by atoms with Gasteiger partial charge in [0.25, 0.3) is 0 Å². The second-order valence-corrected chi connectivity index (χ2v) is 16.6. The molecule has 4 aromatic rings. The Morgan fingerprint density at radius 1 is 0.754 bits per heavy atom. The van der Waals surface area contributed by atoms with E-state index in [-0.39, 0.29) is 29.8 Å². The van der Waals surface area contributed by atoms with Gasteiger partial charge >= 0.3 is 0 Å². The molecule has 1 atom stereocenters. The van der Waals surface area contributed by atoms with Crippen LogP contribution in [0.3, 0.4) is 0 Å². The molecular formula is C45H53ClN8O3. The average molecular weight is 789 g/mol. The number of hydrogen-bond donors (Lipinski definition) is 3. The summed E-state index contributed by atoms with van der Waals surface area (Å²) in [6, 6.07) is 26.8. The number of carbonyl (C=O) groups is 3. The quantitative estimate of drug-likeness (QED) is 0.143. The zero-order valence-electron chi connectivity index (χ0n) is 32.5. The number of aromatic nitrogens is 2. The molecule has 4 fully saturated rings. The van der Waals surface area contributed by atoms with Crippen molar-refractivity contribution in [1.82, 2.24) is 30.0 Å². The Bertz CT molecular complexity index is 2010. The highest BCUT2D eigenvalue weighted by atomic mass is 35.5. The van der Waals surface area contributed by atoms with Gasteiger partial charge in [-0.2, -0.15) is 0 Å². The summed E-state index contributed by atoms with van der Waals surface area (Å²) in [6.07, 6.45) is 8.84. The summed E-state index contributed by atoms with van der Waals surface area (Å²) >= 11 is 6.59. The van der Waals surface area contributed by atoms with Crippen LogP contribution in [-0.4, -0.2) is 107 Å². The minimum atomic E-state index is -0.362. The zero-order chi connectivity index (χ0) is 39.1. The van der Waals surface area contributed by atoms with Crippen molar-refractivity contribution in [2.75, 3.05) is 63.0 Å². The molecule has 12 heteroatoms. The number of carbonyl (C=O) groups excluding carboxylic acids is 3. The lowest BCUT2D eigenvalue weighted by Crippen LogP contribution is -2.48. The third kappa shape index (κ3) is 10.0. The normalized spacial score (nSPS) is 20.6. The van der Waals surface area contributed by atoms with Gasteiger partial charge in [-0.3, -0.25) is 24.6 Å². The van der Waals surface area contributed by atoms with E-state index in [9.17, 15) is 14.4 Å². The number of nitrogens with zero attached hydrogens (tertiary/aromatic N) is 5. The first-order valence-electron chi connectivity index (χ1n) is 20.7. The van der Waals surface area contributed by atoms with Crippen LogP contribution in [0.1, 0.15) is 62.8 Å². The second kappa shape index (κ2) is 18.2. The third-order valence-electron chi connectivity index (χ3n) is 12.3. The molecule has 57 heavy (non-hydrogen) atoms.